The minimum atomic E-state index is -1.02. The zero-order valence-electron chi connectivity index (χ0n) is 9.48. The van der Waals surface area contributed by atoms with Gasteiger partial charge >= 0.3 is 0 Å². The molecule has 0 spiro atoms. The molecule has 14 heavy (non-hydrogen) atoms. The molecule has 0 aliphatic heterocycles. The second kappa shape index (κ2) is 7.21. The van der Waals surface area contributed by atoms with Crippen LogP contribution in [0.4, 0.5) is 0 Å². The molecule has 0 aliphatic rings. The van der Waals surface area contributed by atoms with Crippen molar-refractivity contribution in [3.05, 3.63) is 0 Å². The van der Waals surface area contributed by atoms with Crippen molar-refractivity contribution in [1.29, 1.82) is 0 Å². The molecule has 0 rings (SSSR count). The van der Waals surface area contributed by atoms with Gasteiger partial charge in [-0.3, -0.25) is 0 Å². The standard InChI is InChI=1S/C11H24O3/c1-4-6-7-9(5-2)11(14)10(13)8(3)12/h8-14H,4-7H2,1-3H3. The molecule has 4 unspecified atom stereocenters. The lowest BCUT2D eigenvalue weighted by Crippen LogP contribution is -2.40. The number of unbranched alkanes of at least 4 members (excludes halogenated alkanes) is 1. The summed E-state index contributed by atoms with van der Waals surface area (Å²) in [5, 5.41) is 28.4. The maximum absolute atomic E-state index is 9.76. The Bertz CT molecular complexity index is 136. The third kappa shape index (κ3) is 4.40. The van der Waals surface area contributed by atoms with E-state index >= 15 is 0 Å². The van der Waals surface area contributed by atoms with Gasteiger partial charge in [-0.15, -0.1) is 0 Å². The summed E-state index contributed by atoms with van der Waals surface area (Å²) in [6, 6.07) is 0. The van der Waals surface area contributed by atoms with Crippen LogP contribution in [0.15, 0.2) is 0 Å². The highest BCUT2D eigenvalue weighted by molar-refractivity contribution is 4.78. The molecule has 86 valence electrons. The van der Waals surface area contributed by atoms with Crippen LogP contribution in [0.25, 0.3) is 0 Å². The van der Waals surface area contributed by atoms with E-state index in [4.69, 9.17) is 5.11 Å². The number of rotatable bonds is 7. The fraction of sp³-hybridized carbons (Fsp3) is 1.00. The van der Waals surface area contributed by atoms with Crippen LogP contribution >= 0.6 is 0 Å². The minimum Gasteiger partial charge on any atom is -0.391 e. The van der Waals surface area contributed by atoms with Crippen LogP contribution in [0.2, 0.25) is 0 Å². The Morgan fingerprint density at radius 1 is 1.00 bits per heavy atom. The quantitative estimate of drug-likeness (QED) is 0.586. The molecule has 0 aliphatic carbocycles. The van der Waals surface area contributed by atoms with E-state index in [2.05, 4.69) is 6.92 Å². The van der Waals surface area contributed by atoms with Gasteiger partial charge in [0.05, 0.1) is 12.2 Å². The summed E-state index contributed by atoms with van der Waals surface area (Å²) in [7, 11) is 0. The first-order valence-corrected chi connectivity index (χ1v) is 5.58. The van der Waals surface area contributed by atoms with E-state index in [0.717, 1.165) is 25.7 Å². The zero-order valence-corrected chi connectivity index (χ0v) is 9.48. The van der Waals surface area contributed by atoms with Crippen LogP contribution in [-0.2, 0) is 0 Å². The second-order valence-corrected chi connectivity index (χ2v) is 4.03. The first-order chi connectivity index (χ1) is 6.54. The molecular formula is C11H24O3. The molecule has 0 fully saturated rings. The van der Waals surface area contributed by atoms with Crippen LogP contribution in [0.5, 0.6) is 0 Å². The zero-order chi connectivity index (χ0) is 11.1. The minimum absolute atomic E-state index is 0.0968. The van der Waals surface area contributed by atoms with E-state index in [9.17, 15) is 10.2 Å². The summed E-state index contributed by atoms with van der Waals surface area (Å²) in [5.41, 5.74) is 0. The Labute approximate surface area is 86.8 Å². The lowest BCUT2D eigenvalue weighted by molar-refractivity contribution is -0.0768. The van der Waals surface area contributed by atoms with Crippen LogP contribution in [-0.4, -0.2) is 33.6 Å². The maximum atomic E-state index is 9.76. The third-order valence-corrected chi connectivity index (χ3v) is 2.78. The van der Waals surface area contributed by atoms with E-state index in [1.165, 1.54) is 6.92 Å². The Morgan fingerprint density at radius 2 is 1.57 bits per heavy atom. The normalized spacial score (nSPS) is 20.1. The Kier molecular flexibility index (Phi) is 7.15. The Morgan fingerprint density at radius 3 is 1.93 bits per heavy atom. The van der Waals surface area contributed by atoms with Crippen molar-refractivity contribution < 1.29 is 15.3 Å². The molecule has 0 saturated carbocycles. The van der Waals surface area contributed by atoms with E-state index in [1.54, 1.807) is 0 Å². The van der Waals surface area contributed by atoms with Gasteiger partial charge in [-0.1, -0.05) is 33.1 Å². The summed E-state index contributed by atoms with van der Waals surface area (Å²) < 4.78 is 0. The average molecular weight is 204 g/mol. The van der Waals surface area contributed by atoms with Crippen LogP contribution < -0.4 is 0 Å². The molecule has 0 amide bonds. The van der Waals surface area contributed by atoms with Crippen molar-refractivity contribution >= 4 is 0 Å². The second-order valence-electron chi connectivity index (χ2n) is 4.03. The summed E-state index contributed by atoms with van der Waals surface area (Å²) in [4.78, 5) is 0. The predicted octanol–water partition coefficient (Wildman–Crippen LogP) is 1.31. The molecule has 3 heteroatoms. The van der Waals surface area contributed by atoms with E-state index in [-0.39, 0.29) is 5.92 Å². The van der Waals surface area contributed by atoms with E-state index < -0.39 is 18.3 Å². The van der Waals surface area contributed by atoms with Gasteiger partial charge in [0.2, 0.25) is 0 Å². The molecule has 0 aromatic carbocycles. The molecule has 0 saturated heterocycles. The fourth-order valence-electron chi connectivity index (χ4n) is 1.65. The highest BCUT2D eigenvalue weighted by Gasteiger charge is 2.27. The Balaban J connectivity index is 4.08. The first-order valence-electron chi connectivity index (χ1n) is 5.58. The SMILES string of the molecule is CCCCC(CC)C(O)C(O)C(C)O. The lowest BCUT2D eigenvalue weighted by atomic mass is 9.89. The highest BCUT2D eigenvalue weighted by atomic mass is 16.4. The molecule has 3 N–H and O–H groups in total. The fourth-order valence-corrected chi connectivity index (χ4v) is 1.65. The van der Waals surface area contributed by atoms with Crippen molar-refractivity contribution in [3.63, 3.8) is 0 Å². The van der Waals surface area contributed by atoms with Crippen molar-refractivity contribution in [2.75, 3.05) is 0 Å². The van der Waals surface area contributed by atoms with Gasteiger partial charge in [0.25, 0.3) is 0 Å². The molecular weight excluding hydrogens is 180 g/mol. The molecule has 3 nitrogen and oxygen atoms in total. The molecule has 0 radical (unpaired) electrons. The number of hydrogen-bond donors (Lipinski definition) is 3. The lowest BCUT2D eigenvalue weighted by Gasteiger charge is -2.27. The van der Waals surface area contributed by atoms with Gasteiger partial charge in [0.15, 0.2) is 0 Å². The Hall–Kier alpha value is -0.120. The van der Waals surface area contributed by atoms with Crippen LogP contribution in [0, 0.1) is 5.92 Å². The molecule has 0 bridgehead atoms. The van der Waals surface area contributed by atoms with E-state index in [0.29, 0.717) is 0 Å². The van der Waals surface area contributed by atoms with Gasteiger partial charge in [-0.25, -0.2) is 0 Å². The third-order valence-electron chi connectivity index (χ3n) is 2.78. The first kappa shape index (κ1) is 13.9. The largest absolute Gasteiger partial charge is 0.391 e. The smallest absolute Gasteiger partial charge is 0.106 e. The molecule has 0 heterocycles. The summed E-state index contributed by atoms with van der Waals surface area (Å²) in [6.07, 6.45) is 1.22. The molecule has 4 atom stereocenters. The van der Waals surface area contributed by atoms with Crippen molar-refractivity contribution in [2.24, 2.45) is 5.92 Å². The predicted molar refractivity (Wildman–Crippen MR) is 57.0 cm³/mol. The van der Waals surface area contributed by atoms with Crippen molar-refractivity contribution in [2.45, 2.75) is 64.8 Å². The van der Waals surface area contributed by atoms with Crippen molar-refractivity contribution in [1.82, 2.24) is 0 Å². The van der Waals surface area contributed by atoms with Crippen LogP contribution in [0.1, 0.15) is 46.5 Å². The van der Waals surface area contributed by atoms with E-state index in [1.807, 2.05) is 6.92 Å². The maximum Gasteiger partial charge on any atom is 0.106 e. The number of aliphatic hydroxyl groups excluding tert-OH is 3. The van der Waals surface area contributed by atoms with Gasteiger partial charge < -0.3 is 15.3 Å². The van der Waals surface area contributed by atoms with Gasteiger partial charge in [0, 0.05) is 0 Å². The average Bonchev–Trinajstić information content (AvgIpc) is 2.17. The van der Waals surface area contributed by atoms with Crippen molar-refractivity contribution in [3.8, 4) is 0 Å². The molecule has 0 aromatic rings. The topological polar surface area (TPSA) is 60.7 Å². The van der Waals surface area contributed by atoms with Gasteiger partial charge in [-0.2, -0.15) is 0 Å². The van der Waals surface area contributed by atoms with Gasteiger partial charge in [0.1, 0.15) is 6.10 Å². The number of hydrogen-bond acceptors (Lipinski definition) is 3. The summed E-state index contributed by atoms with van der Waals surface area (Å²) in [5.74, 6) is 0.0968. The van der Waals surface area contributed by atoms with Crippen LogP contribution in [0.3, 0.4) is 0 Å². The highest BCUT2D eigenvalue weighted by Crippen LogP contribution is 2.20. The summed E-state index contributed by atoms with van der Waals surface area (Å²) in [6.45, 7) is 5.60. The monoisotopic (exact) mass is 204 g/mol. The summed E-state index contributed by atoms with van der Waals surface area (Å²) >= 11 is 0. The number of aliphatic hydroxyl groups is 3. The van der Waals surface area contributed by atoms with Gasteiger partial charge in [-0.05, 0) is 19.3 Å². The molecule has 0 aromatic heterocycles.